The summed E-state index contributed by atoms with van der Waals surface area (Å²) in [5.41, 5.74) is 0.400. The fourth-order valence-corrected chi connectivity index (χ4v) is 1.83. The molecule has 0 saturated heterocycles. The first-order valence-electron chi connectivity index (χ1n) is 5.21. The molecular formula is C12H13BrF2O2. The van der Waals surface area contributed by atoms with E-state index in [9.17, 15) is 13.6 Å². The van der Waals surface area contributed by atoms with Gasteiger partial charge in [-0.25, -0.2) is 8.78 Å². The average Bonchev–Trinajstić information content (AvgIpc) is 2.26. The Hall–Kier alpha value is -0.970. The van der Waals surface area contributed by atoms with Crippen LogP contribution in [0.3, 0.4) is 0 Å². The smallest absolute Gasteiger partial charge is 0.320 e. The number of esters is 1. The van der Waals surface area contributed by atoms with E-state index in [-0.39, 0.29) is 24.2 Å². The van der Waals surface area contributed by atoms with Gasteiger partial charge in [0.2, 0.25) is 0 Å². The molecule has 1 atom stereocenters. The Labute approximate surface area is 107 Å². The lowest BCUT2D eigenvalue weighted by Gasteiger charge is -2.10. The lowest BCUT2D eigenvalue weighted by atomic mass is 10.1. The van der Waals surface area contributed by atoms with Crippen LogP contribution in [-0.2, 0) is 16.0 Å². The molecule has 0 aliphatic rings. The third-order valence-electron chi connectivity index (χ3n) is 2.27. The van der Waals surface area contributed by atoms with Gasteiger partial charge >= 0.3 is 5.97 Å². The molecule has 0 bridgehead atoms. The maximum absolute atomic E-state index is 13.5. The van der Waals surface area contributed by atoms with Gasteiger partial charge < -0.3 is 4.74 Å². The first-order valence-corrected chi connectivity index (χ1v) is 6.12. The molecule has 0 N–H and O–H groups in total. The number of alkyl halides is 1. The van der Waals surface area contributed by atoms with Gasteiger partial charge in [-0.2, -0.15) is 0 Å². The van der Waals surface area contributed by atoms with E-state index >= 15 is 0 Å². The van der Waals surface area contributed by atoms with Crippen molar-refractivity contribution in [1.29, 1.82) is 0 Å². The molecule has 0 aromatic heterocycles. The van der Waals surface area contributed by atoms with Gasteiger partial charge in [-0.1, -0.05) is 15.9 Å². The molecule has 1 aromatic rings. The van der Waals surface area contributed by atoms with Gasteiger partial charge in [0.25, 0.3) is 0 Å². The van der Waals surface area contributed by atoms with Crippen LogP contribution in [0.15, 0.2) is 12.1 Å². The second-order valence-electron chi connectivity index (χ2n) is 3.62. The maximum Gasteiger partial charge on any atom is 0.320 e. The highest BCUT2D eigenvalue weighted by Crippen LogP contribution is 2.18. The molecule has 1 unspecified atom stereocenters. The summed E-state index contributed by atoms with van der Waals surface area (Å²) >= 11 is 3.09. The van der Waals surface area contributed by atoms with E-state index in [1.165, 1.54) is 6.92 Å². The van der Waals surface area contributed by atoms with E-state index in [1.807, 2.05) is 0 Å². The van der Waals surface area contributed by atoms with E-state index < -0.39 is 22.4 Å². The van der Waals surface area contributed by atoms with E-state index in [0.717, 1.165) is 12.1 Å². The van der Waals surface area contributed by atoms with Crippen molar-refractivity contribution in [2.24, 2.45) is 0 Å². The summed E-state index contributed by atoms with van der Waals surface area (Å²) in [4.78, 5) is 10.7. The third kappa shape index (κ3) is 3.77. The summed E-state index contributed by atoms with van der Waals surface area (Å²) in [5.74, 6) is -1.48. The van der Waals surface area contributed by atoms with Gasteiger partial charge in [0, 0.05) is 0 Å². The minimum absolute atomic E-state index is 0.0574. The summed E-state index contributed by atoms with van der Waals surface area (Å²) in [7, 11) is 0. The number of hydrogen-bond acceptors (Lipinski definition) is 2. The Bertz CT molecular complexity index is 421. The number of hydrogen-bond donors (Lipinski definition) is 0. The standard InChI is InChI=1S/C12H13BrF2O2/c1-3-17-12(16)9(13)5-8-6-10(14)7(2)4-11(8)15/h4,6,9H,3,5H2,1-2H3. The first-order chi connectivity index (χ1) is 7.95. The molecule has 0 aliphatic heterocycles. The second kappa shape index (κ2) is 6.10. The van der Waals surface area contributed by atoms with Crippen LogP contribution in [-0.4, -0.2) is 17.4 Å². The highest BCUT2D eigenvalue weighted by atomic mass is 79.9. The number of ether oxygens (including phenoxy) is 1. The van der Waals surface area contributed by atoms with Gasteiger partial charge in [-0.15, -0.1) is 0 Å². The van der Waals surface area contributed by atoms with E-state index in [0.29, 0.717) is 0 Å². The van der Waals surface area contributed by atoms with Crippen LogP contribution in [0.25, 0.3) is 0 Å². The summed E-state index contributed by atoms with van der Waals surface area (Å²) in [6.07, 6.45) is 0.0574. The molecule has 0 amide bonds. The first kappa shape index (κ1) is 14.1. The lowest BCUT2D eigenvalue weighted by Crippen LogP contribution is -2.20. The molecular weight excluding hydrogens is 294 g/mol. The van der Waals surface area contributed by atoms with Crippen molar-refractivity contribution in [3.05, 3.63) is 34.9 Å². The molecule has 94 valence electrons. The molecule has 1 rings (SSSR count). The molecule has 0 aliphatic carbocycles. The molecule has 0 heterocycles. The third-order valence-corrected chi connectivity index (χ3v) is 2.97. The van der Waals surface area contributed by atoms with Gasteiger partial charge in [0.1, 0.15) is 16.5 Å². The predicted octanol–water partition coefficient (Wildman–Crippen LogP) is 3.14. The van der Waals surface area contributed by atoms with Crippen LogP contribution in [0, 0.1) is 18.6 Å². The zero-order valence-corrected chi connectivity index (χ0v) is 11.2. The number of halogens is 3. The zero-order chi connectivity index (χ0) is 13.0. The fourth-order valence-electron chi connectivity index (χ4n) is 1.35. The van der Waals surface area contributed by atoms with Crippen LogP contribution in [0.5, 0.6) is 0 Å². The Morgan fingerprint density at radius 1 is 1.41 bits per heavy atom. The number of benzene rings is 1. The van der Waals surface area contributed by atoms with Crippen molar-refractivity contribution >= 4 is 21.9 Å². The van der Waals surface area contributed by atoms with Gasteiger partial charge in [-0.3, -0.25) is 4.79 Å². The molecule has 5 heteroatoms. The highest BCUT2D eigenvalue weighted by Gasteiger charge is 2.19. The van der Waals surface area contributed by atoms with Crippen LogP contribution >= 0.6 is 15.9 Å². The molecule has 0 radical (unpaired) electrons. The zero-order valence-electron chi connectivity index (χ0n) is 9.60. The summed E-state index contributed by atoms with van der Waals surface area (Å²) in [5, 5.41) is 0. The number of carbonyl (C=O) groups excluding carboxylic acids is 1. The molecule has 1 aromatic carbocycles. The minimum atomic E-state index is -0.668. The van der Waals surface area contributed by atoms with Crippen LogP contribution in [0.1, 0.15) is 18.1 Å². The summed E-state index contributed by atoms with van der Waals surface area (Å²) in [6, 6.07) is 2.23. The summed E-state index contributed by atoms with van der Waals surface area (Å²) < 4.78 is 31.5. The number of rotatable bonds is 4. The lowest BCUT2D eigenvalue weighted by molar-refractivity contribution is -0.142. The van der Waals surface area contributed by atoms with Crippen molar-refractivity contribution in [2.75, 3.05) is 6.61 Å². The van der Waals surface area contributed by atoms with Crippen molar-refractivity contribution in [2.45, 2.75) is 25.1 Å². The van der Waals surface area contributed by atoms with E-state index in [2.05, 4.69) is 15.9 Å². The fraction of sp³-hybridized carbons (Fsp3) is 0.417. The van der Waals surface area contributed by atoms with Crippen LogP contribution in [0.4, 0.5) is 8.78 Å². The number of carbonyl (C=O) groups is 1. The predicted molar refractivity (Wildman–Crippen MR) is 64.1 cm³/mol. The molecule has 0 fully saturated rings. The summed E-state index contributed by atoms with van der Waals surface area (Å²) in [6.45, 7) is 3.43. The van der Waals surface area contributed by atoms with Crippen molar-refractivity contribution in [1.82, 2.24) is 0 Å². The Kier molecular flexibility index (Phi) is 5.05. The average molecular weight is 307 g/mol. The largest absolute Gasteiger partial charge is 0.465 e. The van der Waals surface area contributed by atoms with E-state index in [1.54, 1.807) is 6.92 Å². The van der Waals surface area contributed by atoms with Crippen LogP contribution < -0.4 is 0 Å². The minimum Gasteiger partial charge on any atom is -0.465 e. The Morgan fingerprint density at radius 2 is 2.06 bits per heavy atom. The topological polar surface area (TPSA) is 26.3 Å². The van der Waals surface area contributed by atoms with Gasteiger partial charge in [0.15, 0.2) is 0 Å². The molecule has 2 nitrogen and oxygen atoms in total. The monoisotopic (exact) mass is 306 g/mol. The van der Waals surface area contributed by atoms with Gasteiger partial charge in [-0.05, 0) is 43.5 Å². The Balaban J connectivity index is 2.81. The molecule has 17 heavy (non-hydrogen) atoms. The SMILES string of the molecule is CCOC(=O)C(Br)Cc1cc(F)c(C)cc1F. The molecule has 0 saturated carbocycles. The highest BCUT2D eigenvalue weighted by molar-refractivity contribution is 9.10. The Morgan fingerprint density at radius 3 is 2.65 bits per heavy atom. The molecule has 0 spiro atoms. The quantitative estimate of drug-likeness (QED) is 0.631. The van der Waals surface area contributed by atoms with Crippen molar-refractivity contribution < 1.29 is 18.3 Å². The van der Waals surface area contributed by atoms with Gasteiger partial charge in [0.05, 0.1) is 6.61 Å². The van der Waals surface area contributed by atoms with Crippen molar-refractivity contribution in [3.8, 4) is 0 Å². The second-order valence-corrected chi connectivity index (χ2v) is 4.72. The van der Waals surface area contributed by atoms with Crippen LogP contribution in [0.2, 0.25) is 0 Å². The van der Waals surface area contributed by atoms with E-state index in [4.69, 9.17) is 4.74 Å². The maximum atomic E-state index is 13.5. The van der Waals surface area contributed by atoms with Crippen molar-refractivity contribution in [3.63, 3.8) is 0 Å². The normalized spacial score (nSPS) is 12.3. The number of aryl methyl sites for hydroxylation is 1.